The van der Waals surface area contributed by atoms with Gasteiger partial charge in [-0.15, -0.1) is 11.3 Å². The van der Waals surface area contributed by atoms with E-state index in [2.05, 4.69) is 46.5 Å². The minimum Gasteiger partial charge on any atom is -0.478 e. The summed E-state index contributed by atoms with van der Waals surface area (Å²) in [5.74, 6) is -2.40. The van der Waals surface area contributed by atoms with Crippen LogP contribution < -0.4 is 5.32 Å². The Kier molecular flexibility index (Phi) is 13.1. The van der Waals surface area contributed by atoms with Gasteiger partial charge in [0, 0.05) is 31.3 Å². The van der Waals surface area contributed by atoms with Crippen molar-refractivity contribution in [2.75, 3.05) is 18.9 Å². The van der Waals surface area contributed by atoms with E-state index in [1.54, 1.807) is 24.4 Å². The number of nitrogens with zero attached hydrogens (tertiary/aromatic N) is 2. The standard InChI is InChI=1S/C24H27N3O2S.C4H4O4/c1-27(18-19-10-4-2-5-11-19)16-7-3-6-14-22(28)26-24-20(12-8-15-25-24)23(29)21-13-9-17-30-21;5-3(6)1-2-4(7)8/h2,4-5,8-13,15,17H,3,6-7,14,16,18H2,1H3,(H,25,26,28);1-2H,(H,5,6)(H,7,8)/b;2-1+. The second-order valence-electron chi connectivity index (χ2n) is 8.30. The number of benzene rings is 1. The van der Waals surface area contributed by atoms with Gasteiger partial charge >= 0.3 is 11.9 Å². The number of carbonyl (C=O) groups is 4. The molecule has 3 aromatic rings. The molecule has 200 valence electrons. The number of aromatic nitrogens is 1. The molecular formula is C28H31N3O6S. The molecule has 0 aliphatic heterocycles. The van der Waals surface area contributed by atoms with Crippen LogP contribution in [0.5, 0.6) is 0 Å². The zero-order chi connectivity index (χ0) is 27.8. The number of pyridine rings is 1. The summed E-state index contributed by atoms with van der Waals surface area (Å²) in [5.41, 5.74) is 1.73. The molecule has 0 spiro atoms. The lowest BCUT2D eigenvalue weighted by atomic mass is 10.1. The third-order valence-electron chi connectivity index (χ3n) is 5.16. The molecule has 0 saturated heterocycles. The van der Waals surface area contributed by atoms with Crippen LogP contribution in [-0.4, -0.2) is 57.3 Å². The summed E-state index contributed by atoms with van der Waals surface area (Å²) in [7, 11) is 2.12. The predicted octanol–water partition coefficient (Wildman–Crippen LogP) is 4.72. The van der Waals surface area contributed by atoms with Crippen molar-refractivity contribution < 1.29 is 29.4 Å². The Hall–Kier alpha value is -4.15. The van der Waals surface area contributed by atoms with E-state index in [4.69, 9.17) is 10.2 Å². The number of carboxylic acid groups (broad SMARTS) is 2. The Morgan fingerprint density at radius 1 is 0.921 bits per heavy atom. The maximum absolute atomic E-state index is 12.6. The summed E-state index contributed by atoms with van der Waals surface area (Å²) in [4.78, 5) is 51.2. The number of hydrogen-bond acceptors (Lipinski definition) is 7. The van der Waals surface area contributed by atoms with Crippen LogP contribution in [0.15, 0.2) is 78.3 Å². The number of carbonyl (C=O) groups excluding carboxylic acids is 2. The van der Waals surface area contributed by atoms with Crippen molar-refractivity contribution in [2.45, 2.75) is 32.2 Å². The number of aliphatic carboxylic acids is 2. The molecule has 2 aromatic heterocycles. The molecule has 9 nitrogen and oxygen atoms in total. The SMILES string of the molecule is CN(CCCCCC(=O)Nc1ncccc1C(=O)c1cccs1)Cc1ccccc1.O=C(O)/C=C/C(=O)O. The van der Waals surface area contributed by atoms with E-state index in [0.717, 1.165) is 32.4 Å². The van der Waals surface area contributed by atoms with E-state index in [0.29, 0.717) is 34.8 Å². The molecule has 3 rings (SSSR count). The molecule has 0 fully saturated rings. The Morgan fingerprint density at radius 2 is 1.63 bits per heavy atom. The highest BCUT2D eigenvalue weighted by atomic mass is 32.1. The fraction of sp³-hybridized carbons (Fsp3) is 0.250. The molecule has 2 heterocycles. The Morgan fingerprint density at radius 3 is 2.26 bits per heavy atom. The highest BCUT2D eigenvalue weighted by molar-refractivity contribution is 7.12. The van der Waals surface area contributed by atoms with Gasteiger partial charge in [-0.3, -0.25) is 9.59 Å². The van der Waals surface area contributed by atoms with Gasteiger partial charge in [-0.2, -0.15) is 0 Å². The van der Waals surface area contributed by atoms with Gasteiger partial charge in [0.2, 0.25) is 11.7 Å². The van der Waals surface area contributed by atoms with Gasteiger partial charge in [0.15, 0.2) is 0 Å². The molecule has 0 unspecified atom stereocenters. The summed E-state index contributed by atoms with van der Waals surface area (Å²) in [6, 6.07) is 17.4. The van der Waals surface area contributed by atoms with Gasteiger partial charge in [0.1, 0.15) is 5.82 Å². The Bertz CT molecular complexity index is 1200. The molecule has 3 N–H and O–H groups in total. The molecule has 38 heavy (non-hydrogen) atoms. The maximum Gasteiger partial charge on any atom is 0.328 e. The molecule has 0 aliphatic rings. The first kappa shape index (κ1) is 30.1. The molecular weight excluding hydrogens is 506 g/mol. The largest absolute Gasteiger partial charge is 0.478 e. The van der Waals surface area contributed by atoms with Crippen LogP contribution in [0.25, 0.3) is 0 Å². The minimum absolute atomic E-state index is 0.105. The third kappa shape index (κ3) is 11.7. The van der Waals surface area contributed by atoms with Crippen molar-refractivity contribution in [3.8, 4) is 0 Å². The van der Waals surface area contributed by atoms with Gasteiger partial charge in [-0.1, -0.05) is 42.8 Å². The number of hydrogen-bond donors (Lipinski definition) is 3. The van der Waals surface area contributed by atoms with Crippen LogP contribution in [0.2, 0.25) is 0 Å². The number of rotatable bonds is 13. The topological polar surface area (TPSA) is 137 Å². The second-order valence-corrected chi connectivity index (χ2v) is 9.25. The van der Waals surface area contributed by atoms with Crippen LogP contribution >= 0.6 is 11.3 Å². The smallest absolute Gasteiger partial charge is 0.328 e. The predicted molar refractivity (Wildman–Crippen MR) is 146 cm³/mol. The Labute approximate surface area is 225 Å². The molecule has 0 bridgehead atoms. The summed E-state index contributed by atoms with van der Waals surface area (Å²) in [6.07, 6.45) is 5.96. The highest BCUT2D eigenvalue weighted by Gasteiger charge is 2.16. The maximum atomic E-state index is 12.6. The quantitative estimate of drug-likeness (QED) is 0.162. The van der Waals surface area contributed by atoms with E-state index >= 15 is 0 Å². The van der Waals surface area contributed by atoms with Crippen LogP contribution in [0, 0.1) is 0 Å². The molecule has 0 saturated carbocycles. The molecule has 0 aliphatic carbocycles. The summed E-state index contributed by atoms with van der Waals surface area (Å²) < 4.78 is 0. The number of unbranched alkanes of at least 4 members (excludes halogenated alkanes) is 2. The lowest BCUT2D eigenvalue weighted by Gasteiger charge is -2.16. The number of nitrogens with one attached hydrogen (secondary N) is 1. The fourth-order valence-corrected chi connectivity index (χ4v) is 4.06. The van der Waals surface area contributed by atoms with Crippen molar-refractivity contribution in [3.05, 3.63) is 94.3 Å². The third-order valence-corrected chi connectivity index (χ3v) is 6.03. The zero-order valence-corrected chi connectivity index (χ0v) is 21.9. The van der Waals surface area contributed by atoms with Gasteiger partial charge in [-0.25, -0.2) is 14.6 Å². The van der Waals surface area contributed by atoms with E-state index in [1.807, 2.05) is 17.5 Å². The second kappa shape index (κ2) is 16.6. The molecule has 0 atom stereocenters. The van der Waals surface area contributed by atoms with E-state index in [9.17, 15) is 19.2 Å². The average molecular weight is 538 g/mol. The fourth-order valence-electron chi connectivity index (χ4n) is 3.38. The van der Waals surface area contributed by atoms with Gasteiger partial charge < -0.3 is 20.4 Å². The van der Waals surface area contributed by atoms with Crippen molar-refractivity contribution in [1.82, 2.24) is 9.88 Å². The van der Waals surface area contributed by atoms with E-state index < -0.39 is 11.9 Å². The molecule has 10 heteroatoms. The van der Waals surface area contributed by atoms with Gasteiger partial charge in [0.25, 0.3) is 0 Å². The van der Waals surface area contributed by atoms with E-state index in [-0.39, 0.29) is 11.7 Å². The first-order chi connectivity index (χ1) is 18.3. The summed E-state index contributed by atoms with van der Waals surface area (Å²) in [6.45, 7) is 1.93. The van der Waals surface area contributed by atoms with Crippen molar-refractivity contribution >= 4 is 40.8 Å². The van der Waals surface area contributed by atoms with Crippen LogP contribution in [0.3, 0.4) is 0 Å². The normalized spacial score (nSPS) is 10.6. The van der Waals surface area contributed by atoms with Crippen LogP contribution in [0.4, 0.5) is 5.82 Å². The molecule has 1 amide bonds. The number of anilines is 1. The van der Waals surface area contributed by atoms with Crippen molar-refractivity contribution in [2.24, 2.45) is 0 Å². The van der Waals surface area contributed by atoms with Crippen molar-refractivity contribution in [1.29, 1.82) is 0 Å². The number of ketones is 1. The highest BCUT2D eigenvalue weighted by Crippen LogP contribution is 2.20. The van der Waals surface area contributed by atoms with Gasteiger partial charge in [-0.05, 0) is 55.6 Å². The average Bonchev–Trinajstić information content (AvgIpc) is 3.43. The Balaban J connectivity index is 0.000000550. The summed E-state index contributed by atoms with van der Waals surface area (Å²) in [5, 5.41) is 20.3. The molecule has 0 radical (unpaired) electrons. The number of carboxylic acids is 2. The lowest BCUT2D eigenvalue weighted by Crippen LogP contribution is -2.19. The molecule has 1 aromatic carbocycles. The first-order valence-corrected chi connectivity index (χ1v) is 12.8. The first-order valence-electron chi connectivity index (χ1n) is 12.0. The van der Waals surface area contributed by atoms with Crippen LogP contribution in [-0.2, 0) is 20.9 Å². The summed E-state index contributed by atoms with van der Waals surface area (Å²) >= 11 is 1.38. The van der Waals surface area contributed by atoms with Crippen LogP contribution in [0.1, 0.15) is 46.5 Å². The zero-order valence-electron chi connectivity index (χ0n) is 21.1. The number of thiophene rings is 1. The van der Waals surface area contributed by atoms with Crippen molar-refractivity contribution in [3.63, 3.8) is 0 Å². The van der Waals surface area contributed by atoms with Gasteiger partial charge in [0.05, 0.1) is 10.4 Å². The number of amides is 1. The van der Waals surface area contributed by atoms with E-state index in [1.165, 1.54) is 16.9 Å². The monoisotopic (exact) mass is 537 g/mol. The lowest BCUT2D eigenvalue weighted by molar-refractivity contribution is -0.134. The minimum atomic E-state index is -1.26.